The summed E-state index contributed by atoms with van der Waals surface area (Å²) >= 11 is 6.49. The van der Waals surface area contributed by atoms with Crippen LogP contribution in [-0.2, 0) is 0 Å². The minimum Gasteiger partial charge on any atom is -0.380 e. The van der Waals surface area contributed by atoms with Crippen molar-refractivity contribution in [3.05, 3.63) is 35.0 Å². The predicted molar refractivity (Wildman–Crippen MR) is 90.2 cm³/mol. The molecule has 0 radical (unpaired) electrons. The van der Waals surface area contributed by atoms with Gasteiger partial charge in [0.2, 0.25) is 0 Å². The molecule has 3 nitrogen and oxygen atoms in total. The first kappa shape index (κ1) is 14.6. The maximum atomic E-state index is 6.49. The molecule has 1 fully saturated rings. The summed E-state index contributed by atoms with van der Waals surface area (Å²) in [5, 5.41) is 5.58. The molecule has 1 saturated heterocycles. The van der Waals surface area contributed by atoms with E-state index in [2.05, 4.69) is 42.2 Å². The number of fused-ring (bicyclic) bond motifs is 1. The SMILES string of the molecule is Cc1cc(Cl)c(NC2CCN(C)C(C)C2)c2cccnc12. The van der Waals surface area contributed by atoms with Gasteiger partial charge in [0, 0.05) is 30.2 Å². The van der Waals surface area contributed by atoms with Crippen LogP contribution in [0.4, 0.5) is 5.69 Å². The molecule has 0 aliphatic carbocycles. The van der Waals surface area contributed by atoms with Gasteiger partial charge in [-0.25, -0.2) is 0 Å². The minimum atomic E-state index is 0.472. The molecule has 21 heavy (non-hydrogen) atoms. The zero-order chi connectivity index (χ0) is 15.0. The van der Waals surface area contributed by atoms with E-state index in [-0.39, 0.29) is 0 Å². The molecule has 2 aromatic rings. The number of halogens is 1. The summed E-state index contributed by atoms with van der Waals surface area (Å²) < 4.78 is 0. The summed E-state index contributed by atoms with van der Waals surface area (Å²) in [6, 6.07) is 7.16. The number of rotatable bonds is 2. The summed E-state index contributed by atoms with van der Waals surface area (Å²) in [5.41, 5.74) is 3.19. The third-order valence-electron chi connectivity index (χ3n) is 4.59. The van der Waals surface area contributed by atoms with E-state index in [0.29, 0.717) is 12.1 Å². The van der Waals surface area contributed by atoms with Crippen molar-refractivity contribution in [1.82, 2.24) is 9.88 Å². The highest BCUT2D eigenvalue weighted by molar-refractivity contribution is 6.35. The van der Waals surface area contributed by atoms with E-state index in [1.807, 2.05) is 18.3 Å². The summed E-state index contributed by atoms with van der Waals surface area (Å²) in [6.45, 7) is 5.46. The summed E-state index contributed by atoms with van der Waals surface area (Å²) in [7, 11) is 2.19. The highest BCUT2D eigenvalue weighted by Gasteiger charge is 2.23. The lowest BCUT2D eigenvalue weighted by atomic mass is 9.98. The highest BCUT2D eigenvalue weighted by Crippen LogP contribution is 2.34. The lowest BCUT2D eigenvalue weighted by Crippen LogP contribution is -2.42. The molecule has 112 valence electrons. The number of aryl methyl sites for hydroxylation is 1. The Hall–Kier alpha value is -1.32. The zero-order valence-electron chi connectivity index (χ0n) is 12.9. The minimum absolute atomic E-state index is 0.472. The van der Waals surface area contributed by atoms with Gasteiger partial charge in [0.25, 0.3) is 0 Å². The summed E-state index contributed by atoms with van der Waals surface area (Å²) in [4.78, 5) is 6.91. The molecule has 1 aliphatic rings. The first-order valence-corrected chi connectivity index (χ1v) is 7.94. The van der Waals surface area contributed by atoms with Gasteiger partial charge in [0.15, 0.2) is 0 Å². The molecular weight excluding hydrogens is 282 g/mol. The van der Waals surface area contributed by atoms with Crippen LogP contribution >= 0.6 is 11.6 Å². The fraction of sp³-hybridized carbons (Fsp3) is 0.471. The van der Waals surface area contributed by atoms with Gasteiger partial charge in [0.05, 0.1) is 16.2 Å². The van der Waals surface area contributed by atoms with Gasteiger partial charge in [-0.2, -0.15) is 0 Å². The van der Waals surface area contributed by atoms with Crippen LogP contribution in [0.1, 0.15) is 25.3 Å². The van der Waals surface area contributed by atoms with Gasteiger partial charge >= 0.3 is 0 Å². The third-order valence-corrected chi connectivity index (χ3v) is 4.89. The average molecular weight is 304 g/mol. The maximum absolute atomic E-state index is 6.49. The Bertz CT molecular complexity index is 656. The first-order chi connectivity index (χ1) is 10.1. The lowest BCUT2D eigenvalue weighted by molar-refractivity contribution is 0.190. The van der Waals surface area contributed by atoms with E-state index in [1.54, 1.807) is 0 Å². The number of pyridine rings is 1. The van der Waals surface area contributed by atoms with Gasteiger partial charge in [-0.15, -0.1) is 0 Å². The number of benzene rings is 1. The molecule has 4 heteroatoms. The lowest BCUT2D eigenvalue weighted by Gasteiger charge is -2.36. The maximum Gasteiger partial charge on any atom is 0.0752 e. The Morgan fingerprint density at radius 2 is 2.24 bits per heavy atom. The number of nitrogens with zero attached hydrogens (tertiary/aromatic N) is 2. The molecule has 0 amide bonds. The highest BCUT2D eigenvalue weighted by atomic mass is 35.5. The van der Waals surface area contributed by atoms with Crippen LogP contribution < -0.4 is 5.32 Å². The van der Waals surface area contributed by atoms with Crippen molar-refractivity contribution in [3.63, 3.8) is 0 Å². The van der Waals surface area contributed by atoms with Crippen LogP contribution in [0.15, 0.2) is 24.4 Å². The van der Waals surface area contributed by atoms with Crippen LogP contribution in [-0.4, -0.2) is 35.6 Å². The van der Waals surface area contributed by atoms with Crippen molar-refractivity contribution >= 4 is 28.2 Å². The molecule has 0 spiro atoms. The second kappa shape index (κ2) is 5.82. The Balaban J connectivity index is 1.94. The van der Waals surface area contributed by atoms with Gasteiger partial charge in [-0.3, -0.25) is 4.98 Å². The molecule has 1 aliphatic heterocycles. The number of hydrogen-bond acceptors (Lipinski definition) is 3. The van der Waals surface area contributed by atoms with Crippen LogP contribution in [0.2, 0.25) is 5.02 Å². The van der Waals surface area contributed by atoms with E-state index >= 15 is 0 Å². The van der Waals surface area contributed by atoms with Gasteiger partial charge < -0.3 is 10.2 Å². The molecule has 1 N–H and O–H groups in total. The van der Waals surface area contributed by atoms with Crippen molar-refractivity contribution < 1.29 is 0 Å². The number of aromatic nitrogens is 1. The van der Waals surface area contributed by atoms with Crippen molar-refractivity contribution in [2.24, 2.45) is 0 Å². The van der Waals surface area contributed by atoms with E-state index in [9.17, 15) is 0 Å². The molecule has 2 unspecified atom stereocenters. The van der Waals surface area contributed by atoms with E-state index in [4.69, 9.17) is 11.6 Å². The molecule has 0 bridgehead atoms. The van der Waals surface area contributed by atoms with Crippen LogP contribution in [0.3, 0.4) is 0 Å². The molecule has 1 aromatic heterocycles. The summed E-state index contributed by atoms with van der Waals surface area (Å²) in [5.74, 6) is 0. The van der Waals surface area contributed by atoms with Crippen LogP contribution in [0, 0.1) is 6.92 Å². The summed E-state index contributed by atoms with van der Waals surface area (Å²) in [6.07, 6.45) is 4.12. The van der Waals surface area contributed by atoms with Crippen LogP contribution in [0.25, 0.3) is 10.9 Å². The molecule has 1 aromatic carbocycles. The fourth-order valence-corrected chi connectivity index (χ4v) is 3.47. The number of piperidine rings is 1. The Kier molecular flexibility index (Phi) is 4.05. The second-order valence-electron chi connectivity index (χ2n) is 6.15. The van der Waals surface area contributed by atoms with Crippen molar-refractivity contribution in [2.45, 2.75) is 38.8 Å². The molecule has 0 saturated carbocycles. The topological polar surface area (TPSA) is 28.2 Å². The fourth-order valence-electron chi connectivity index (χ4n) is 3.15. The average Bonchev–Trinajstić information content (AvgIpc) is 2.47. The molecule has 2 heterocycles. The Labute approximate surface area is 131 Å². The Morgan fingerprint density at radius 1 is 1.43 bits per heavy atom. The molecule has 3 rings (SSSR count). The van der Waals surface area contributed by atoms with E-state index in [0.717, 1.165) is 46.6 Å². The van der Waals surface area contributed by atoms with E-state index < -0.39 is 0 Å². The quantitative estimate of drug-likeness (QED) is 0.905. The number of nitrogens with one attached hydrogen (secondary N) is 1. The standard InChI is InChI=1S/C17H22ClN3/c1-11-9-15(18)17(14-5-4-7-19-16(11)14)20-13-6-8-21(3)12(2)10-13/h4-5,7,9,12-13,20H,6,8,10H2,1-3H3. The largest absolute Gasteiger partial charge is 0.380 e. The number of hydrogen-bond donors (Lipinski definition) is 1. The van der Waals surface area contributed by atoms with Crippen molar-refractivity contribution in [1.29, 1.82) is 0 Å². The normalized spacial score (nSPS) is 23.4. The first-order valence-electron chi connectivity index (χ1n) is 7.57. The van der Waals surface area contributed by atoms with Crippen molar-refractivity contribution in [2.75, 3.05) is 18.9 Å². The number of anilines is 1. The monoisotopic (exact) mass is 303 g/mol. The number of likely N-dealkylation sites (tertiary alicyclic amines) is 1. The zero-order valence-corrected chi connectivity index (χ0v) is 13.6. The third kappa shape index (κ3) is 2.85. The van der Waals surface area contributed by atoms with E-state index in [1.165, 1.54) is 0 Å². The smallest absolute Gasteiger partial charge is 0.0752 e. The van der Waals surface area contributed by atoms with Gasteiger partial charge in [-0.1, -0.05) is 11.6 Å². The van der Waals surface area contributed by atoms with Crippen LogP contribution in [0.5, 0.6) is 0 Å². The van der Waals surface area contributed by atoms with Crippen molar-refractivity contribution in [3.8, 4) is 0 Å². The van der Waals surface area contributed by atoms with Gasteiger partial charge in [-0.05, 0) is 57.5 Å². The predicted octanol–water partition coefficient (Wildman–Crippen LogP) is 4.09. The second-order valence-corrected chi connectivity index (χ2v) is 6.55. The van der Waals surface area contributed by atoms with Gasteiger partial charge in [0.1, 0.15) is 0 Å². The molecular formula is C17H22ClN3. The Morgan fingerprint density at radius 3 is 3.00 bits per heavy atom. The molecule has 2 atom stereocenters.